The number of esters is 3. The third-order valence-corrected chi connectivity index (χ3v) is 21.4. The van der Waals surface area contributed by atoms with Gasteiger partial charge in [0.2, 0.25) is 29.5 Å². The van der Waals surface area contributed by atoms with Gasteiger partial charge in [0.25, 0.3) is 7.82 Å². The number of nitrogens with zero attached hydrogens (tertiary/aromatic N) is 4. The van der Waals surface area contributed by atoms with Crippen molar-refractivity contribution in [1.29, 1.82) is 0 Å². The van der Waals surface area contributed by atoms with Crippen molar-refractivity contribution in [1.82, 2.24) is 26.6 Å². The van der Waals surface area contributed by atoms with Gasteiger partial charge < -0.3 is 87.7 Å². The molecule has 0 spiro atoms. The van der Waals surface area contributed by atoms with Crippen LogP contribution in [-0.2, 0) is 80.6 Å². The average Bonchev–Trinajstić information content (AvgIpc) is 0.820. The third-order valence-electron chi connectivity index (χ3n) is 19.3. The Morgan fingerprint density at radius 2 is 0.851 bits per heavy atom. The molecule has 0 bridgehead atoms. The minimum absolute atomic E-state index is 0.0224. The molecule has 0 radical (unpaired) electrons. The monoisotopic (exact) mass is 1690 g/mol. The van der Waals surface area contributed by atoms with Crippen molar-refractivity contribution in [2.45, 2.75) is 256 Å². The number of hydrogen-bond donors (Lipinski definition) is 8. The van der Waals surface area contributed by atoms with E-state index in [1.54, 1.807) is 27.7 Å². The topological polar surface area (TPSA) is 377 Å². The first-order chi connectivity index (χ1) is 52.2. The summed E-state index contributed by atoms with van der Waals surface area (Å²) in [4.78, 5) is 143. The van der Waals surface area contributed by atoms with Crippen LogP contribution in [0.15, 0.2) is 0 Å². The summed E-state index contributed by atoms with van der Waals surface area (Å²) in [6.45, 7) is 35.6. The summed E-state index contributed by atoms with van der Waals surface area (Å²) < 4.78 is 39.9. The van der Waals surface area contributed by atoms with Gasteiger partial charge in [-0.3, -0.25) is 47.7 Å². The summed E-state index contributed by atoms with van der Waals surface area (Å²) in [5, 5.41) is 34.5. The number of nitrogens with one attached hydrogen (secondary N) is 5. The van der Waals surface area contributed by atoms with Crippen molar-refractivity contribution >= 4 is 98.2 Å². The first kappa shape index (κ1) is 115. The van der Waals surface area contributed by atoms with E-state index in [0.717, 1.165) is 108 Å². The van der Waals surface area contributed by atoms with Crippen molar-refractivity contribution in [2.75, 3.05) is 175 Å². The van der Waals surface area contributed by atoms with Crippen LogP contribution in [0.2, 0.25) is 0 Å². The van der Waals surface area contributed by atoms with Crippen LogP contribution in [0.3, 0.4) is 0 Å². The summed E-state index contributed by atoms with van der Waals surface area (Å²) in [5.41, 5.74) is -4.02. The van der Waals surface area contributed by atoms with E-state index in [2.05, 4.69) is 79.8 Å². The van der Waals surface area contributed by atoms with Gasteiger partial charge in [0.1, 0.15) is 38.8 Å². The Kier molecular flexibility index (Phi) is 59.5. The van der Waals surface area contributed by atoms with Gasteiger partial charge in [0.15, 0.2) is 6.54 Å². The third kappa shape index (κ3) is 63.1. The van der Waals surface area contributed by atoms with Crippen molar-refractivity contribution in [3.63, 3.8) is 0 Å². The van der Waals surface area contributed by atoms with Crippen LogP contribution in [0.4, 0.5) is 0 Å². The molecule has 0 fully saturated rings. The summed E-state index contributed by atoms with van der Waals surface area (Å²) in [5.74, 6) is -3.13. The first-order valence-corrected chi connectivity index (χ1v) is 43.8. The number of unbranched alkanes of at least 4 members (excludes halogenated alkanes) is 2. The smallest absolute Gasteiger partial charge is 0.359 e. The van der Waals surface area contributed by atoms with Crippen molar-refractivity contribution in [3.8, 4) is 0 Å². The molecule has 0 saturated heterocycles. The second-order valence-electron chi connectivity index (χ2n) is 36.4. The number of thiol groups is 2. The predicted molar refractivity (Wildman–Crippen MR) is 452 cm³/mol. The minimum Gasteiger partial charge on any atom is -0.756 e. The van der Waals surface area contributed by atoms with E-state index in [-0.39, 0.29) is 118 Å². The van der Waals surface area contributed by atoms with Crippen molar-refractivity contribution in [3.05, 3.63) is 0 Å². The van der Waals surface area contributed by atoms with Gasteiger partial charge >= 0.3 is 23.9 Å². The quantitative estimate of drug-likeness (QED) is 0.00705. The molecular formula is C82H162N9O20PS2+2. The number of Topliss-reactive ketones (excluding diaryl/α,β-unsaturated/α-hetero) is 1. The van der Waals surface area contributed by atoms with Gasteiger partial charge in [0, 0.05) is 91.4 Å². The van der Waals surface area contributed by atoms with Gasteiger partial charge in [-0.25, -0.2) is 4.79 Å². The molecule has 0 saturated carbocycles. The molecule has 0 aromatic heterocycles. The molecule has 5 atom stereocenters. The van der Waals surface area contributed by atoms with Gasteiger partial charge in [0.05, 0.1) is 139 Å². The lowest BCUT2D eigenvalue weighted by molar-refractivity contribution is -0.890. The van der Waals surface area contributed by atoms with E-state index in [1.807, 2.05) is 119 Å². The number of carbonyl (C=O) groups is 11. The van der Waals surface area contributed by atoms with E-state index in [4.69, 9.17) is 28.4 Å². The first-order valence-electron chi connectivity index (χ1n) is 41.3. The fraction of sp³-hybridized carbons (Fsp3) is 0.866. The minimum atomic E-state index is -4.51. The highest BCUT2D eigenvalue weighted by atomic mass is 32.1. The second-order valence-corrected chi connectivity index (χ2v) is 39.3. The molecule has 29 nitrogen and oxygen atoms in total. The van der Waals surface area contributed by atoms with E-state index in [1.165, 1.54) is 0 Å². The number of hydrogen-bond acceptors (Lipinski definition) is 21. The van der Waals surface area contributed by atoms with Gasteiger partial charge in [-0.2, -0.15) is 25.3 Å². The molecule has 0 aliphatic heterocycles. The van der Waals surface area contributed by atoms with E-state index in [0.29, 0.717) is 102 Å². The Balaban J connectivity index is -0.000000757. The van der Waals surface area contributed by atoms with Gasteiger partial charge in [-0.15, -0.1) is 0 Å². The summed E-state index contributed by atoms with van der Waals surface area (Å²) in [7, 11) is 13.1. The number of ether oxygens (including phenoxy) is 3. The molecule has 0 heterocycles. The number of carbonyl (C=O) groups excluding carboxylic acids is 10. The molecule has 670 valence electrons. The zero-order chi connectivity index (χ0) is 89.0. The van der Waals surface area contributed by atoms with Crippen molar-refractivity contribution < 1.29 is 114 Å². The largest absolute Gasteiger partial charge is 0.756 e. The van der Waals surface area contributed by atoms with Crippen LogP contribution in [0.1, 0.15) is 246 Å². The predicted octanol–water partition coefficient (Wildman–Crippen LogP) is 8.65. The van der Waals surface area contributed by atoms with E-state index >= 15 is 0 Å². The number of likely N-dealkylation sites (N-methyl/N-ethyl adjacent to an activating group) is 2. The fourth-order valence-electron chi connectivity index (χ4n) is 11.6. The highest BCUT2D eigenvalue weighted by Crippen LogP contribution is 2.41. The molecule has 114 heavy (non-hydrogen) atoms. The van der Waals surface area contributed by atoms with E-state index in [9.17, 15) is 67.3 Å². The molecule has 0 aliphatic rings. The number of ketones is 1. The second kappa shape index (κ2) is 58.8. The molecule has 5 amide bonds. The van der Waals surface area contributed by atoms with Crippen LogP contribution in [0.5, 0.6) is 0 Å². The maximum Gasteiger partial charge on any atom is 0.359 e. The van der Waals surface area contributed by atoms with Crippen molar-refractivity contribution in [2.24, 2.45) is 33.0 Å². The number of phosphoric acid groups is 1. The van der Waals surface area contributed by atoms with E-state index < -0.39 is 53.4 Å². The van der Waals surface area contributed by atoms with Crippen LogP contribution in [-0.4, -0.2) is 274 Å². The molecule has 0 aromatic carbocycles. The molecule has 0 aliphatic carbocycles. The lowest BCUT2D eigenvalue weighted by Gasteiger charge is -2.34. The zero-order valence-electron chi connectivity index (χ0n) is 75.4. The Morgan fingerprint density at radius 3 is 1.24 bits per heavy atom. The normalized spacial score (nSPS) is 14.1. The zero-order valence-corrected chi connectivity index (χ0v) is 78.1. The maximum atomic E-state index is 12.9. The number of carboxylic acid groups (broad SMARTS) is 2. The SMILES string of the molecule is CC(=O)CC[N+](C)(C)CCCNC(=O)C(C)C.CC(C)(C)C(=O)NCCC[N+](C)(C)CCC(=O)[O-].CCCC(S)CCCCC(=O)NCCOC(=O)C(C)(CC)CC(C)(C)C(=O)NCCC[N+](C)(C)CC(=O)O.CCCC(S)CCCCC(=O)NCCOC(=O)C(C)(CC)CC(C)(C)C(=O)OCCOP(=O)([O-])OCC[N+](C)(C)C. The number of aliphatic carboxylic acids is 2. The number of carboxylic acids is 2. The average molecular weight is 1690 g/mol. The molecule has 6 N–H and O–H groups in total. The van der Waals surface area contributed by atoms with Gasteiger partial charge in [-0.1, -0.05) is 102 Å². The summed E-state index contributed by atoms with van der Waals surface area (Å²) in [6.07, 6.45) is 15.3. The van der Waals surface area contributed by atoms with Crippen LogP contribution in [0, 0.1) is 33.0 Å². The number of quaternary nitrogens is 4. The van der Waals surface area contributed by atoms with Crippen LogP contribution in [0.25, 0.3) is 0 Å². The summed E-state index contributed by atoms with van der Waals surface area (Å²) in [6, 6.07) is 0. The molecule has 0 rings (SSSR count). The molecule has 0 aromatic rings. The number of phosphoric ester groups is 1. The molecule has 5 unspecified atom stereocenters. The fourth-order valence-corrected chi connectivity index (χ4v) is 13.1. The van der Waals surface area contributed by atoms with Gasteiger partial charge in [-0.05, 0) is 98.8 Å². The highest BCUT2D eigenvalue weighted by molar-refractivity contribution is 7.81. The maximum absolute atomic E-state index is 12.9. The molecule has 32 heteroatoms. The number of rotatable bonds is 59. The number of amides is 5. The Morgan fingerprint density at radius 1 is 0.456 bits per heavy atom. The lowest BCUT2D eigenvalue weighted by Crippen LogP contribution is -2.46. The highest BCUT2D eigenvalue weighted by Gasteiger charge is 2.44. The summed E-state index contributed by atoms with van der Waals surface area (Å²) >= 11 is 9.07. The van der Waals surface area contributed by atoms with Crippen LogP contribution >= 0.6 is 33.1 Å². The Bertz CT molecular complexity index is 2870. The Labute approximate surface area is 699 Å². The lowest BCUT2D eigenvalue weighted by atomic mass is 9.72. The molecular weight excluding hydrogens is 1530 g/mol. The van der Waals surface area contributed by atoms with Crippen LogP contribution < -0.4 is 36.6 Å². The Hall–Kier alpha value is -4.98. The standard InChI is InChI=1S/C28H53N3O6S.C28H55N2O9PS.C13H26N2O3.C13H26N2O2/c1-8-13-22(38)14-10-11-15-23(32)29-17-19-37-26(36)28(5,9-2)21-27(3,4)25(35)30-16-12-18-31(6,7)20-24(33)34;1-9-13-23(41)14-11-12-15-24(31)29-16-18-36-26(33)28(5,10-2)22-27(3,4)25(32)37-20-21-39-40(34,35)38-19-17-30(6,7)8;1-13(2,3)12(18)14-8-6-9-15(4,5)10-7-11(16)17;1-11(2)13(17)14-8-6-9-15(4,5)10-7-12(3)16/h22H,8-21H2,1-7H3,(H3-,29,30,32,33,34,35,38);23H,9-22H2,1-8H3,(H2-,29,31,34,35,41);6-10H2,1-5H3,(H-,14,16,17,18);11H,6-10H2,1-5H3/p+2.